The van der Waals surface area contributed by atoms with Gasteiger partial charge in [-0.15, -0.1) is 0 Å². The van der Waals surface area contributed by atoms with Gasteiger partial charge >= 0.3 is 5.97 Å². The van der Waals surface area contributed by atoms with Gasteiger partial charge in [0, 0.05) is 30.4 Å². The van der Waals surface area contributed by atoms with E-state index in [2.05, 4.69) is 37.5 Å². The van der Waals surface area contributed by atoms with Gasteiger partial charge in [0.25, 0.3) is 10.1 Å². The lowest BCUT2D eigenvalue weighted by atomic mass is 10.1. The molecule has 13 heteroatoms. The van der Waals surface area contributed by atoms with Crippen LogP contribution in [0.4, 0.5) is 23.3 Å². The summed E-state index contributed by atoms with van der Waals surface area (Å²) in [6.07, 6.45) is 2.43. The Kier molecular flexibility index (Phi) is 7.90. The molecule has 1 aliphatic heterocycles. The molecule has 1 aromatic heterocycles. The van der Waals surface area contributed by atoms with E-state index in [0.29, 0.717) is 36.5 Å². The van der Waals surface area contributed by atoms with E-state index in [1.165, 1.54) is 0 Å². The molecule has 2 heterocycles. The minimum absolute atomic E-state index is 0.0712. The molecule has 12 nitrogen and oxygen atoms in total. The van der Waals surface area contributed by atoms with Crippen molar-refractivity contribution in [3.63, 3.8) is 0 Å². The second kappa shape index (κ2) is 10.8. The van der Waals surface area contributed by atoms with E-state index in [0.717, 1.165) is 11.6 Å². The van der Waals surface area contributed by atoms with Crippen LogP contribution in [0.2, 0.25) is 0 Å². The second-order valence-corrected chi connectivity index (χ2v) is 8.73. The molecule has 2 aromatic rings. The van der Waals surface area contributed by atoms with Gasteiger partial charge in [0.1, 0.15) is 5.82 Å². The maximum Gasteiger partial charge on any atom is 0.330 e. The second-order valence-electron chi connectivity index (χ2n) is 7.16. The lowest BCUT2D eigenvalue weighted by Crippen LogP contribution is -2.14. The molecule has 0 radical (unpaired) electrons. The van der Waals surface area contributed by atoms with Gasteiger partial charge in [-0.05, 0) is 30.5 Å². The Balaban J connectivity index is 1.70. The van der Waals surface area contributed by atoms with Gasteiger partial charge in [0.05, 0.1) is 18.8 Å². The SMILES string of the molecule is C=CC(=O)OCCCc1nc(NCCCS(=O)(=O)O)nc(Nc2ccc3c(c2)NC(=O)C3)n1. The third-order valence-corrected chi connectivity index (χ3v) is 5.30. The molecule has 0 atom stereocenters. The van der Waals surface area contributed by atoms with Crippen molar-refractivity contribution >= 4 is 45.3 Å². The molecule has 1 aromatic carbocycles. The Morgan fingerprint density at radius 2 is 2.03 bits per heavy atom. The van der Waals surface area contributed by atoms with E-state index in [1.54, 1.807) is 12.1 Å². The number of aromatic nitrogens is 3. The number of carbonyl (C=O) groups excluding carboxylic acids is 2. The highest BCUT2D eigenvalue weighted by molar-refractivity contribution is 7.85. The molecule has 0 fully saturated rings. The van der Waals surface area contributed by atoms with Crippen molar-refractivity contribution in [2.24, 2.45) is 0 Å². The van der Waals surface area contributed by atoms with Crippen molar-refractivity contribution in [2.75, 3.05) is 34.9 Å². The highest BCUT2D eigenvalue weighted by Gasteiger charge is 2.18. The zero-order chi connectivity index (χ0) is 23.8. The van der Waals surface area contributed by atoms with Crippen LogP contribution in [-0.4, -0.2) is 58.7 Å². The van der Waals surface area contributed by atoms with Gasteiger partial charge in [0.2, 0.25) is 17.8 Å². The summed E-state index contributed by atoms with van der Waals surface area (Å²) in [5.74, 6) is -0.0941. The van der Waals surface area contributed by atoms with Crippen molar-refractivity contribution in [1.82, 2.24) is 15.0 Å². The summed E-state index contributed by atoms with van der Waals surface area (Å²) in [6.45, 7) is 3.72. The number of esters is 1. The first-order valence-corrected chi connectivity index (χ1v) is 11.8. The summed E-state index contributed by atoms with van der Waals surface area (Å²) in [5.41, 5.74) is 2.27. The Labute approximate surface area is 190 Å². The van der Waals surface area contributed by atoms with Gasteiger partial charge in [-0.25, -0.2) is 4.79 Å². The van der Waals surface area contributed by atoms with Crippen molar-refractivity contribution in [1.29, 1.82) is 0 Å². The Bertz CT molecular complexity index is 1150. The predicted molar refractivity (Wildman–Crippen MR) is 121 cm³/mol. The number of rotatable bonds is 12. The third kappa shape index (κ3) is 7.80. The molecule has 3 rings (SSSR count). The fourth-order valence-corrected chi connectivity index (χ4v) is 3.51. The molecule has 4 N–H and O–H groups in total. The number of hydrogen-bond acceptors (Lipinski definition) is 10. The number of benzene rings is 1. The molecule has 0 unspecified atom stereocenters. The number of carbonyl (C=O) groups is 2. The van der Waals surface area contributed by atoms with Crippen LogP contribution in [0.25, 0.3) is 0 Å². The lowest BCUT2D eigenvalue weighted by Gasteiger charge is -2.11. The Morgan fingerprint density at radius 3 is 2.79 bits per heavy atom. The van der Waals surface area contributed by atoms with E-state index in [-0.39, 0.29) is 37.4 Å². The fourth-order valence-electron chi connectivity index (χ4n) is 3.00. The third-order valence-electron chi connectivity index (χ3n) is 4.49. The van der Waals surface area contributed by atoms with Crippen molar-refractivity contribution in [3.8, 4) is 0 Å². The monoisotopic (exact) mass is 476 g/mol. The molecule has 0 spiro atoms. The van der Waals surface area contributed by atoms with Crippen molar-refractivity contribution < 1.29 is 27.3 Å². The van der Waals surface area contributed by atoms with Crippen LogP contribution >= 0.6 is 0 Å². The van der Waals surface area contributed by atoms with E-state index >= 15 is 0 Å². The van der Waals surface area contributed by atoms with Crippen molar-refractivity contribution in [2.45, 2.75) is 25.7 Å². The normalized spacial score (nSPS) is 12.6. The van der Waals surface area contributed by atoms with Crippen LogP contribution in [-0.2, 0) is 37.3 Å². The number of anilines is 4. The highest BCUT2D eigenvalue weighted by atomic mass is 32.2. The van der Waals surface area contributed by atoms with Crippen LogP contribution in [0, 0.1) is 0 Å². The number of fused-ring (bicyclic) bond motifs is 1. The van der Waals surface area contributed by atoms with Gasteiger partial charge in [-0.3, -0.25) is 9.35 Å². The summed E-state index contributed by atoms with van der Waals surface area (Å²) in [4.78, 5) is 35.7. The number of aryl methyl sites for hydroxylation is 1. The molecule has 176 valence electrons. The molecule has 0 aliphatic carbocycles. The van der Waals surface area contributed by atoms with Gasteiger partial charge in [-0.1, -0.05) is 12.6 Å². The van der Waals surface area contributed by atoms with Crippen LogP contribution < -0.4 is 16.0 Å². The molecule has 0 saturated carbocycles. The highest BCUT2D eigenvalue weighted by Crippen LogP contribution is 2.27. The van der Waals surface area contributed by atoms with E-state index in [1.807, 2.05) is 6.07 Å². The Morgan fingerprint density at radius 1 is 1.24 bits per heavy atom. The Hall–Kier alpha value is -3.58. The molecule has 1 aliphatic rings. The average Bonchev–Trinajstić information content (AvgIpc) is 3.12. The number of nitrogens with one attached hydrogen (secondary N) is 3. The van der Waals surface area contributed by atoms with Gasteiger partial charge in [-0.2, -0.15) is 23.4 Å². The number of nitrogens with zero attached hydrogens (tertiary/aromatic N) is 3. The zero-order valence-electron chi connectivity index (χ0n) is 17.7. The molecular weight excluding hydrogens is 452 g/mol. The minimum Gasteiger partial charge on any atom is -0.463 e. The molecule has 1 amide bonds. The summed E-state index contributed by atoms with van der Waals surface area (Å²) in [5, 5.41) is 8.77. The lowest BCUT2D eigenvalue weighted by molar-refractivity contribution is -0.137. The standard InChI is InChI=1S/C20H24N6O6S/c1-2-18(28)32-9-3-5-16-24-19(21-8-4-10-33(29,30)31)26-20(25-16)22-14-7-6-13-11-17(27)23-15(13)12-14/h2,6-7,12H,1,3-5,8-11H2,(H,23,27)(H,29,30,31)(H2,21,22,24,25,26). The minimum atomic E-state index is -4.05. The van der Waals surface area contributed by atoms with Crippen LogP contribution in [0.3, 0.4) is 0 Å². The summed E-state index contributed by atoms with van der Waals surface area (Å²) < 4.78 is 35.6. The largest absolute Gasteiger partial charge is 0.463 e. The fraction of sp³-hybridized carbons (Fsp3) is 0.350. The van der Waals surface area contributed by atoms with Gasteiger partial charge < -0.3 is 20.7 Å². The average molecular weight is 477 g/mol. The predicted octanol–water partition coefficient (Wildman–Crippen LogP) is 1.46. The van der Waals surface area contributed by atoms with Crippen molar-refractivity contribution in [3.05, 3.63) is 42.2 Å². The summed E-state index contributed by atoms with van der Waals surface area (Å²) in [6, 6.07) is 5.41. The zero-order valence-corrected chi connectivity index (χ0v) is 18.5. The first-order valence-electron chi connectivity index (χ1n) is 10.1. The number of amides is 1. The number of hydrogen-bond donors (Lipinski definition) is 4. The molecule has 33 heavy (non-hydrogen) atoms. The molecule has 0 bridgehead atoms. The number of ether oxygens (including phenoxy) is 1. The first-order chi connectivity index (χ1) is 15.7. The van der Waals surface area contributed by atoms with E-state index in [4.69, 9.17) is 9.29 Å². The quantitative estimate of drug-likeness (QED) is 0.151. The van der Waals surface area contributed by atoms with Crippen LogP contribution in [0.5, 0.6) is 0 Å². The van der Waals surface area contributed by atoms with Crippen LogP contribution in [0.1, 0.15) is 24.2 Å². The van der Waals surface area contributed by atoms with E-state index < -0.39 is 21.8 Å². The molecule has 0 saturated heterocycles. The van der Waals surface area contributed by atoms with Gasteiger partial charge in [0.15, 0.2) is 0 Å². The van der Waals surface area contributed by atoms with Crippen LogP contribution in [0.15, 0.2) is 30.9 Å². The maximum atomic E-state index is 11.6. The smallest absolute Gasteiger partial charge is 0.330 e. The topological polar surface area (TPSA) is 172 Å². The first kappa shape index (κ1) is 24.1. The maximum absolute atomic E-state index is 11.6. The summed E-state index contributed by atoms with van der Waals surface area (Å²) in [7, 11) is -4.05. The van der Waals surface area contributed by atoms with E-state index in [9.17, 15) is 18.0 Å². The summed E-state index contributed by atoms with van der Waals surface area (Å²) >= 11 is 0. The molecular formula is C20H24N6O6S.